The van der Waals surface area contributed by atoms with E-state index >= 15 is 0 Å². The van der Waals surface area contributed by atoms with Gasteiger partial charge < -0.3 is 39.6 Å². The first kappa shape index (κ1) is 34.9. The number of hydrogen-bond acceptors (Lipinski definition) is 17. The third-order valence-corrected chi connectivity index (χ3v) is 10.5. The van der Waals surface area contributed by atoms with Crippen molar-refractivity contribution in [2.75, 3.05) is 32.0 Å². The molecule has 47 heavy (non-hydrogen) atoms. The highest BCUT2D eigenvalue weighted by Crippen LogP contribution is 2.63. The second-order valence-corrected chi connectivity index (χ2v) is 14.6. The average Bonchev–Trinajstić information content (AvgIpc) is 3.71. The molecule has 0 saturated carbocycles. The largest absolute Gasteiger partial charge is 0.509 e. The molecule has 0 aliphatic carbocycles. The number of carbonyl (C=O) groups excluding carboxylic acids is 1. The number of fused-ring (bicyclic) bond motifs is 1. The number of ether oxygens (including phenoxy) is 5. The van der Waals surface area contributed by atoms with Gasteiger partial charge in [-0.2, -0.15) is 4.98 Å². The Morgan fingerprint density at radius 1 is 1.28 bits per heavy atom. The number of nitrogens with zero attached hydrogens (tertiary/aromatic N) is 4. The lowest BCUT2D eigenvalue weighted by Crippen LogP contribution is -2.40. The van der Waals surface area contributed by atoms with Gasteiger partial charge in [-0.1, -0.05) is 4.98 Å². The number of nitrogens with two attached hydrogens (primary N) is 1. The van der Waals surface area contributed by atoms with Crippen molar-refractivity contribution in [2.24, 2.45) is 0 Å². The molecule has 2 aliphatic heterocycles. The van der Waals surface area contributed by atoms with Gasteiger partial charge in [-0.15, -0.1) is 0 Å². The van der Waals surface area contributed by atoms with Crippen LogP contribution in [0.15, 0.2) is 34.5 Å². The minimum Gasteiger partial charge on any atom is -0.432 e. The molecule has 258 valence electrons. The fourth-order valence-electron chi connectivity index (χ4n) is 5.04. The number of rotatable bonds is 13. The lowest BCUT2D eigenvalue weighted by atomic mass is 10.1. The molecular formula is C25H35N7O13PS+. The van der Waals surface area contributed by atoms with Gasteiger partial charge in [0, 0.05) is 37.2 Å². The first-order chi connectivity index (χ1) is 22.4. The molecule has 3 aromatic heterocycles. The van der Waals surface area contributed by atoms with Crippen molar-refractivity contribution in [3.63, 3.8) is 0 Å². The number of carbonyl (C=O) groups is 1. The third kappa shape index (κ3) is 7.85. The van der Waals surface area contributed by atoms with Crippen LogP contribution >= 0.6 is 18.2 Å². The quantitative estimate of drug-likeness (QED) is 0.0661. The Balaban J connectivity index is 1.34. The van der Waals surface area contributed by atoms with Crippen molar-refractivity contribution in [2.45, 2.75) is 69.3 Å². The number of aromatic amines is 2. The van der Waals surface area contributed by atoms with E-state index in [9.17, 15) is 29.2 Å². The van der Waals surface area contributed by atoms with E-state index < -0.39 is 92.4 Å². The van der Waals surface area contributed by atoms with Gasteiger partial charge in [0.2, 0.25) is 5.52 Å². The molecule has 2 aliphatic rings. The zero-order valence-corrected chi connectivity index (χ0v) is 27.1. The van der Waals surface area contributed by atoms with Gasteiger partial charge in [0.25, 0.3) is 5.56 Å². The third-order valence-electron chi connectivity index (χ3n) is 7.19. The maximum Gasteiger partial charge on any atom is 0.509 e. The van der Waals surface area contributed by atoms with Gasteiger partial charge in [0.1, 0.15) is 24.4 Å². The van der Waals surface area contributed by atoms with E-state index in [1.807, 2.05) is 0 Å². The number of hydrogen-bond donors (Lipinski definition) is 5. The first-order valence-electron chi connectivity index (χ1n) is 14.3. The lowest BCUT2D eigenvalue weighted by Gasteiger charge is -2.27. The van der Waals surface area contributed by atoms with E-state index in [4.69, 9.17) is 38.5 Å². The normalized spacial score (nSPS) is 27.3. The van der Waals surface area contributed by atoms with Crippen LogP contribution in [0, 0.1) is 0 Å². The summed E-state index contributed by atoms with van der Waals surface area (Å²) in [6.07, 6.45) is -4.99. The molecule has 0 radical (unpaired) electrons. The molecule has 20 nitrogen and oxygen atoms in total. The summed E-state index contributed by atoms with van der Waals surface area (Å²) in [6, 6.07) is 1.09. The number of methoxy groups -OCH3 is 1. The van der Waals surface area contributed by atoms with Gasteiger partial charge >= 0.3 is 24.3 Å². The Morgan fingerprint density at radius 3 is 2.77 bits per heavy atom. The van der Waals surface area contributed by atoms with Crippen molar-refractivity contribution < 1.29 is 56.9 Å². The van der Waals surface area contributed by atoms with Crippen LogP contribution in [-0.4, -0.2) is 104 Å². The Kier molecular flexibility index (Phi) is 11.0. The molecular weight excluding hydrogens is 669 g/mol. The number of aliphatic hydroxyl groups excluding tert-OH is 2. The monoisotopic (exact) mass is 704 g/mol. The minimum absolute atomic E-state index is 0.114. The van der Waals surface area contributed by atoms with Crippen LogP contribution in [0.5, 0.6) is 0 Å². The second-order valence-electron chi connectivity index (χ2n) is 10.7. The molecule has 0 amide bonds. The molecule has 2 saturated heterocycles. The van der Waals surface area contributed by atoms with Crippen molar-refractivity contribution in [3.05, 3.63) is 45.8 Å². The number of imidazole rings is 1. The fourth-order valence-corrected chi connectivity index (χ4v) is 7.83. The molecule has 1 unspecified atom stereocenters. The molecule has 22 heteroatoms. The predicted octanol–water partition coefficient (Wildman–Crippen LogP) is -0.307. The van der Waals surface area contributed by atoms with E-state index in [2.05, 4.69) is 19.9 Å². The first-order valence-corrected chi connectivity index (χ1v) is 17.4. The van der Waals surface area contributed by atoms with Crippen LogP contribution < -0.4 is 21.5 Å². The maximum absolute atomic E-state index is 14.2. The molecule has 8 atom stereocenters. The van der Waals surface area contributed by atoms with Crippen LogP contribution in [0.4, 0.5) is 10.6 Å². The smallest absolute Gasteiger partial charge is 0.432 e. The van der Waals surface area contributed by atoms with E-state index in [-0.39, 0.29) is 12.2 Å². The van der Waals surface area contributed by atoms with Crippen molar-refractivity contribution >= 4 is 41.3 Å². The van der Waals surface area contributed by atoms with Crippen molar-refractivity contribution in [3.8, 4) is 0 Å². The summed E-state index contributed by atoms with van der Waals surface area (Å²) in [6.45, 7) is -2.24. The molecule has 0 spiro atoms. The Bertz CT molecular complexity index is 1720. The van der Waals surface area contributed by atoms with Gasteiger partial charge in [-0.05, 0) is 13.8 Å². The van der Waals surface area contributed by atoms with Gasteiger partial charge in [-0.25, -0.2) is 18.7 Å². The summed E-state index contributed by atoms with van der Waals surface area (Å²) >= 11 is 0.481. The molecule has 0 bridgehead atoms. The SMILES string of the molecule is COC1[C@@H](O[P@@](=O)(OC[C@H]2O[C@@H]([n+]3c[nH]c4c(N)ncnc43)C[C@H]2O)SCOC(=O)OC(C)C)[C@@H](CO)O[C@H]1n1ccc(=O)[nH]c1=O. The highest BCUT2D eigenvalue weighted by atomic mass is 32.7. The molecule has 3 aromatic rings. The Labute approximate surface area is 269 Å². The number of nitrogens with one attached hydrogen (secondary N) is 2. The number of H-pyrrole nitrogens is 2. The predicted molar refractivity (Wildman–Crippen MR) is 160 cm³/mol. The van der Waals surface area contributed by atoms with Gasteiger partial charge in [-0.3, -0.25) is 28.4 Å². The van der Waals surface area contributed by atoms with Crippen molar-refractivity contribution in [1.82, 2.24) is 24.5 Å². The molecule has 5 heterocycles. The Morgan fingerprint density at radius 2 is 2.06 bits per heavy atom. The van der Waals surface area contributed by atoms with E-state index in [0.29, 0.717) is 22.5 Å². The minimum atomic E-state index is -4.38. The highest BCUT2D eigenvalue weighted by Gasteiger charge is 2.51. The van der Waals surface area contributed by atoms with Crippen LogP contribution in [-0.2, 0) is 37.3 Å². The van der Waals surface area contributed by atoms with E-state index in [0.717, 1.165) is 10.6 Å². The number of anilines is 1. The number of aromatic nitrogens is 6. The van der Waals surface area contributed by atoms with Gasteiger partial charge in [0.05, 0.1) is 25.4 Å². The van der Waals surface area contributed by atoms with Crippen LogP contribution in [0.25, 0.3) is 11.2 Å². The summed E-state index contributed by atoms with van der Waals surface area (Å²) in [4.78, 5) is 49.3. The summed E-state index contributed by atoms with van der Waals surface area (Å²) in [7, 11) is 1.28. The summed E-state index contributed by atoms with van der Waals surface area (Å²) in [5, 5.41) is 20.9. The van der Waals surface area contributed by atoms with Gasteiger partial charge in [0.15, 0.2) is 36.9 Å². The zero-order valence-electron chi connectivity index (χ0n) is 25.4. The molecule has 6 N–H and O–H groups in total. The maximum atomic E-state index is 14.2. The molecule has 2 fully saturated rings. The zero-order chi connectivity index (χ0) is 33.9. The summed E-state index contributed by atoms with van der Waals surface area (Å²) < 4.78 is 55.9. The van der Waals surface area contributed by atoms with E-state index in [1.165, 1.54) is 19.6 Å². The van der Waals surface area contributed by atoms with Crippen LogP contribution in [0.1, 0.15) is 32.7 Å². The summed E-state index contributed by atoms with van der Waals surface area (Å²) in [5.41, 5.74) is 5.35. The van der Waals surface area contributed by atoms with Crippen LogP contribution in [0.3, 0.4) is 0 Å². The fraction of sp³-hybridized carbons (Fsp3) is 0.600. The molecule has 0 aromatic carbocycles. The van der Waals surface area contributed by atoms with Crippen molar-refractivity contribution in [1.29, 1.82) is 0 Å². The second kappa shape index (κ2) is 14.8. The highest BCUT2D eigenvalue weighted by molar-refractivity contribution is 8.55. The van der Waals surface area contributed by atoms with Crippen LogP contribution in [0.2, 0.25) is 0 Å². The molecule has 5 rings (SSSR count). The summed E-state index contributed by atoms with van der Waals surface area (Å²) in [5.74, 6) is -0.315. The topological polar surface area (TPSA) is 266 Å². The number of aliphatic hydroxyl groups is 2. The van der Waals surface area contributed by atoms with E-state index in [1.54, 1.807) is 24.7 Å². The average molecular weight is 705 g/mol. The number of nitrogen functional groups attached to an aromatic ring is 1. The lowest BCUT2D eigenvalue weighted by molar-refractivity contribution is -0.738. The Hall–Kier alpha value is -3.40. The standard InChI is InChI=1S/C25H34N7O13PS/c1-12(2)42-25(37)40-11-47-46(38,45-19-14(7-33)44-23(20(19)39-3)31-5-4-16(35)30-24(31)36)41-8-15-13(34)6-17(43-15)32-10-29-18-21(26)27-9-28-22(18)32/h4-5,9-10,12-15,17,19-20,23,33-34H,6-8,11H2,1-3H3,(H3,26,27,28,30,35,36)/p+1/t13-,14-,15-,17-,19+,20?,23-,46-/m1/s1.